The van der Waals surface area contributed by atoms with Crippen molar-refractivity contribution < 1.29 is 14.3 Å². The van der Waals surface area contributed by atoms with Crippen molar-refractivity contribution in [2.24, 2.45) is 5.73 Å². The number of anilines is 1. The lowest BCUT2D eigenvalue weighted by Gasteiger charge is -2.10. The number of aromatic nitrogens is 1. The van der Waals surface area contributed by atoms with E-state index >= 15 is 0 Å². The third kappa shape index (κ3) is 6.95. The summed E-state index contributed by atoms with van der Waals surface area (Å²) in [5.74, 6) is 1.67. The maximum absolute atomic E-state index is 12.1. The van der Waals surface area contributed by atoms with Gasteiger partial charge in [-0.3, -0.25) is 4.98 Å². The Kier molecular flexibility index (Phi) is 8.62. The Bertz CT molecular complexity index is 1130. The minimum absolute atomic E-state index is 0.245. The van der Waals surface area contributed by atoms with Crippen molar-refractivity contribution in [1.29, 1.82) is 0 Å². The Morgan fingerprint density at radius 2 is 1.52 bits per heavy atom. The predicted molar refractivity (Wildman–Crippen MR) is 131 cm³/mol. The van der Waals surface area contributed by atoms with Crippen LogP contribution in [-0.2, 0) is 13.1 Å². The molecule has 4 N–H and O–H groups in total. The van der Waals surface area contributed by atoms with E-state index in [0.29, 0.717) is 13.1 Å². The lowest BCUT2D eigenvalue weighted by atomic mass is 10.1. The van der Waals surface area contributed by atoms with Crippen molar-refractivity contribution >= 4 is 22.5 Å². The van der Waals surface area contributed by atoms with Gasteiger partial charge in [-0.1, -0.05) is 36.4 Å². The van der Waals surface area contributed by atoms with E-state index in [0.717, 1.165) is 39.1 Å². The van der Waals surface area contributed by atoms with Gasteiger partial charge in [0.05, 0.1) is 19.9 Å². The van der Waals surface area contributed by atoms with Crippen LogP contribution in [0.3, 0.4) is 0 Å². The van der Waals surface area contributed by atoms with Crippen LogP contribution in [0.25, 0.3) is 10.8 Å². The summed E-state index contributed by atoms with van der Waals surface area (Å²) in [6.45, 7) is 1.03. The molecule has 170 valence electrons. The van der Waals surface area contributed by atoms with Crippen LogP contribution in [-0.4, -0.2) is 25.2 Å². The van der Waals surface area contributed by atoms with E-state index in [-0.39, 0.29) is 6.03 Å². The highest BCUT2D eigenvalue weighted by Crippen LogP contribution is 2.22. The topological polar surface area (TPSA) is 98.5 Å². The zero-order chi connectivity index (χ0) is 23.5. The fourth-order valence-electron chi connectivity index (χ4n) is 3.09. The zero-order valence-electron chi connectivity index (χ0n) is 18.7. The lowest BCUT2D eigenvalue weighted by Crippen LogP contribution is -2.28. The van der Waals surface area contributed by atoms with E-state index in [1.807, 2.05) is 72.8 Å². The molecule has 0 bridgehead atoms. The van der Waals surface area contributed by atoms with E-state index < -0.39 is 0 Å². The first-order valence-corrected chi connectivity index (χ1v) is 10.5. The predicted octanol–water partition coefficient (Wildman–Crippen LogP) is 4.72. The minimum atomic E-state index is -0.245. The Morgan fingerprint density at radius 1 is 0.879 bits per heavy atom. The molecular weight excluding hydrogens is 416 g/mol. The molecule has 4 aromatic rings. The molecule has 0 aliphatic heterocycles. The quantitative estimate of drug-likeness (QED) is 0.400. The first-order chi connectivity index (χ1) is 16.1. The number of nitrogens with one attached hydrogen (secondary N) is 2. The number of urea groups is 1. The number of carbonyl (C=O) groups excluding carboxylic acids is 1. The van der Waals surface area contributed by atoms with Crippen LogP contribution in [0.1, 0.15) is 11.1 Å². The van der Waals surface area contributed by atoms with Gasteiger partial charge in [0.2, 0.25) is 0 Å². The van der Waals surface area contributed by atoms with Gasteiger partial charge < -0.3 is 25.8 Å². The molecule has 33 heavy (non-hydrogen) atoms. The molecule has 7 heteroatoms. The average molecular weight is 445 g/mol. The fourth-order valence-corrected chi connectivity index (χ4v) is 3.09. The molecule has 7 nitrogen and oxygen atoms in total. The molecule has 4 rings (SSSR count). The lowest BCUT2D eigenvalue weighted by molar-refractivity contribution is 0.252. The summed E-state index contributed by atoms with van der Waals surface area (Å²) in [5.41, 5.74) is 8.29. The van der Waals surface area contributed by atoms with Crippen LogP contribution < -0.4 is 25.8 Å². The van der Waals surface area contributed by atoms with Gasteiger partial charge in [0.15, 0.2) is 0 Å². The Balaban J connectivity index is 0.000000257. The number of nitrogens with two attached hydrogens (primary N) is 1. The van der Waals surface area contributed by atoms with Crippen molar-refractivity contribution in [2.75, 3.05) is 19.5 Å². The molecule has 1 aromatic heterocycles. The van der Waals surface area contributed by atoms with E-state index in [9.17, 15) is 4.79 Å². The fraction of sp³-hybridized carbons (Fsp3) is 0.154. The molecular formula is C26H28N4O3. The summed E-state index contributed by atoms with van der Waals surface area (Å²) in [6.07, 6.45) is 3.48. The smallest absolute Gasteiger partial charge is 0.319 e. The first-order valence-electron chi connectivity index (χ1n) is 10.5. The number of carbonyl (C=O) groups is 1. The van der Waals surface area contributed by atoms with Crippen molar-refractivity contribution in [2.45, 2.75) is 13.1 Å². The first kappa shape index (κ1) is 23.6. The normalized spacial score (nSPS) is 10.0. The van der Waals surface area contributed by atoms with E-state index in [2.05, 4.69) is 15.6 Å². The van der Waals surface area contributed by atoms with E-state index in [1.54, 1.807) is 26.6 Å². The molecule has 0 saturated carbocycles. The summed E-state index contributed by atoms with van der Waals surface area (Å²) in [5, 5.41) is 7.67. The second-order valence-electron chi connectivity index (χ2n) is 7.11. The highest BCUT2D eigenvalue weighted by Gasteiger charge is 2.05. The molecule has 2 amide bonds. The molecule has 0 spiro atoms. The molecule has 0 atom stereocenters. The molecule has 3 aromatic carbocycles. The van der Waals surface area contributed by atoms with Gasteiger partial charge in [-0.15, -0.1) is 0 Å². The van der Waals surface area contributed by atoms with Gasteiger partial charge in [-0.05, 0) is 47.5 Å². The summed E-state index contributed by atoms with van der Waals surface area (Å²) in [4.78, 5) is 16.2. The number of hydrogen-bond donors (Lipinski definition) is 3. The van der Waals surface area contributed by atoms with E-state index in [1.165, 1.54) is 0 Å². The molecule has 1 heterocycles. The zero-order valence-corrected chi connectivity index (χ0v) is 18.7. The van der Waals surface area contributed by atoms with Crippen LogP contribution in [0, 0.1) is 0 Å². The van der Waals surface area contributed by atoms with Crippen LogP contribution in [0.4, 0.5) is 10.5 Å². The number of fused-ring (bicyclic) bond motifs is 1. The number of rotatable bonds is 6. The number of pyridine rings is 1. The number of methoxy groups -OCH3 is 2. The molecule has 0 saturated heterocycles. The van der Waals surface area contributed by atoms with Crippen molar-refractivity contribution in [3.8, 4) is 11.5 Å². The van der Waals surface area contributed by atoms with Crippen LogP contribution in [0.2, 0.25) is 0 Å². The molecule has 0 aliphatic rings. The number of nitrogens with zero attached hydrogens (tertiary/aromatic N) is 1. The highest BCUT2D eigenvalue weighted by atomic mass is 16.5. The summed E-state index contributed by atoms with van der Waals surface area (Å²) in [6, 6.07) is 22.7. The molecule has 0 fully saturated rings. The summed E-state index contributed by atoms with van der Waals surface area (Å²) >= 11 is 0. The van der Waals surface area contributed by atoms with Crippen molar-refractivity contribution in [3.63, 3.8) is 0 Å². The van der Waals surface area contributed by atoms with Gasteiger partial charge >= 0.3 is 6.03 Å². The third-order valence-corrected chi connectivity index (χ3v) is 4.94. The standard InChI is InChI=1S/C18H17N3O2.C8H11NO/c1-23-15-7-5-13(6-8-15)11-20-18(22)21-17-4-2-3-14-12-19-10-9-16(14)17;1-10-8-4-2-7(6-9)3-5-8/h2-10,12H,11H2,1H3,(H2,20,21,22);2-5H,6,9H2,1H3. The molecule has 0 aliphatic carbocycles. The van der Waals surface area contributed by atoms with Crippen molar-refractivity contribution in [3.05, 3.63) is 96.3 Å². The maximum atomic E-state index is 12.1. The second kappa shape index (κ2) is 12.1. The third-order valence-electron chi connectivity index (χ3n) is 4.94. The number of ether oxygens (including phenoxy) is 2. The average Bonchev–Trinajstić information content (AvgIpc) is 2.88. The van der Waals surface area contributed by atoms with Gasteiger partial charge in [-0.2, -0.15) is 0 Å². The van der Waals surface area contributed by atoms with Gasteiger partial charge in [0.1, 0.15) is 11.5 Å². The number of hydrogen-bond acceptors (Lipinski definition) is 5. The van der Waals surface area contributed by atoms with Crippen LogP contribution >= 0.6 is 0 Å². The van der Waals surface area contributed by atoms with Gasteiger partial charge in [0, 0.05) is 36.3 Å². The van der Waals surface area contributed by atoms with Crippen molar-refractivity contribution in [1.82, 2.24) is 10.3 Å². The summed E-state index contributed by atoms with van der Waals surface area (Å²) in [7, 11) is 3.28. The Hall–Kier alpha value is -4.10. The Morgan fingerprint density at radius 3 is 2.12 bits per heavy atom. The number of amides is 2. The monoisotopic (exact) mass is 444 g/mol. The van der Waals surface area contributed by atoms with Gasteiger partial charge in [-0.25, -0.2) is 4.79 Å². The van der Waals surface area contributed by atoms with Crippen LogP contribution in [0.15, 0.2) is 85.2 Å². The Labute approximate surface area is 193 Å². The summed E-state index contributed by atoms with van der Waals surface area (Å²) < 4.78 is 10.1. The maximum Gasteiger partial charge on any atom is 0.319 e. The van der Waals surface area contributed by atoms with Gasteiger partial charge in [0.25, 0.3) is 0 Å². The molecule has 0 radical (unpaired) electrons. The highest BCUT2D eigenvalue weighted by molar-refractivity contribution is 6.01. The SMILES string of the molecule is COc1ccc(CN)cc1.COc1ccc(CNC(=O)Nc2cccc3cnccc23)cc1. The second-order valence-corrected chi connectivity index (χ2v) is 7.11. The van der Waals surface area contributed by atoms with E-state index in [4.69, 9.17) is 15.2 Å². The largest absolute Gasteiger partial charge is 0.497 e. The minimum Gasteiger partial charge on any atom is -0.497 e. The van der Waals surface area contributed by atoms with Crippen LogP contribution in [0.5, 0.6) is 11.5 Å². The number of benzene rings is 3. The molecule has 0 unspecified atom stereocenters.